The van der Waals surface area contributed by atoms with Gasteiger partial charge in [0.25, 0.3) is 0 Å². The van der Waals surface area contributed by atoms with E-state index in [0.29, 0.717) is 22.9 Å². The lowest BCUT2D eigenvalue weighted by Gasteiger charge is -2.09. The lowest BCUT2D eigenvalue weighted by molar-refractivity contribution is -0.115. The van der Waals surface area contributed by atoms with Crippen molar-refractivity contribution in [3.05, 3.63) is 21.8 Å². The summed E-state index contributed by atoms with van der Waals surface area (Å²) in [5.74, 6) is 2.37. The summed E-state index contributed by atoms with van der Waals surface area (Å²) in [7, 11) is 0. The molecule has 0 aromatic carbocycles. The fourth-order valence-electron chi connectivity index (χ4n) is 4.29. The molecule has 0 atom stereocenters. The second-order valence-electron chi connectivity index (χ2n) is 7.93. The molecule has 0 radical (unpaired) electrons. The zero-order valence-electron chi connectivity index (χ0n) is 16.6. The minimum atomic E-state index is -0.0513. The monoisotopic (exact) mass is 429 g/mol. The molecule has 0 saturated heterocycles. The van der Waals surface area contributed by atoms with Crippen molar-refractivity contribution >= 4 is 34.0 Å². The fourth-order valence-corrected chi connectivity index (χ4v) is 6.30. The molecule has 2 aliphatic rings. The summed E-state index contributed by atoms with van der Waals surface area (Å²) < 4.78 is 0. The van der Waals surface area contributed by atoms with Gasteiger partial charge in [0.2, 0.25) is 11.1 Å². The van der Waals surface area contributed by atoms with Gasteiger partial charge in [-0.05, 0) is 43.6 Å². The Morgan fingerprint density at radius 1 is 1.28 bits per heavy atom. The van der Waals surface area contributed by atoms with Gasteiger partial charge in [-0.15, -0.1) is 16.4 Å². The summed E-state index contributed by atoms with van der Waals surface area (Å²) in [5.41, 5.74) is 1.82. The maximum atomic E-state index is 12.4. The average Bonchev–Trinajstić information content (AvgIpc) is 3.46. The number of hydrogen-bond donors (Lipinski definition) is 2. The number of thiophene rings is 1. The Morgan fingerprint density at radius 3 is 2.93 bits per heavy atom. The highest BCUT2D eigenvalue weighted by Gasteiger charge is 2.22. The lowest BCUT2D eigenvalue weighted by Crippen LogP contribution is -2.12. The molecular formula is C21H27N5OS2. The van der Waals surface area contributed by atoms with E-state index < -0.39 is 0 Å². The van der Waals surface area contributed by atoms with Gasteiger partial charge in [-0.1, -0.05) is 37.4 Å². The van der Waals surface area contributed by atoms with Crippen molar-refractivity contribution in [2.75, 3.05) is 11.1 Å². The number of aromatic amines is 1. The van der Waals surface area contributed by atoms with Crippen molar-refractivity contribution < 1.29 is 4.79 Å². The highest BCUT2D eigenvalue weighted by atomic mass is 32.2. The number of H-pyrrole nitrogens is 1. The molecule has 6 nitrogen and oxygen atoms in total. The molecule has 0 spiro atoms. The van der Waals surface area contributed by atoms with Crippen LogP contribution in [0.3, 0.4) is 0 Å². The molecule has 2 heterocycles. The van der Waals surface area contributed by atoms with Gasteiger partial charge in [0.15, 0.2) is 0 Å². The molecule has 154 valence electrons. The van der Waals surface area contributed by atoms with Crippen LogP contribution in [-0.4, -0.2) is 26.8 Å². The van der Waals surface area contributed by atoms with Gasteiger partial charge in [-0.3, -0.25) is 9.89 Å². The molecule has 2 aliphatic carbocycles. The van der Waals surface area contributed by atoms with Crippen LogP contribution >= 0.6 is 23.1 Å². The molecule has 2 N–H and O–H groups in total. The zero-order chi connectivity index (χ0) is 20.1. The number of nitriles is 1. The van der Waals surface area contributed by atoms with Crippen LogP contribution in [0.15, 0.2) is 5.16 Å². The standard InChI is InChI=1S/C21H27N5OS2/c22-13-16-15-7-3-4-8-17(15)29-20(16)24-19(27)11-12-28-21-23-18(25-26-21)10-9-14-5-1-2-6-14/h14H,1-12H2,(H,24,27)(H,23,25,26). The number of carbonyl (C=O) groups excluding carboxylic acids is 1. The van der Waals surface area contributed by atoms with Crippen LogP contribution in [-0.2, 0) is 24.1 Å². The van der Waals surface area contributed by atoms with Crippen LogP contribution in [0.5, 0.6) is 0 Å². The molecule has 2 aromatic heterocycles. The van der Waals surface area contributed by atoms with E-state index in [-0.39, 0.29) is 5.91 Å². The van der Waals surface area contributed by atoms with E-state index >= 15 is 0 Å². The van der Waals surface area contributed by atoms with Gasteiger partial charge in [0, 0.05) is 23.5 Å². The predicted octanol–water partition coefficient (Wildman–Crippen LogP) is 4.86. The van der Waals surface area contributed by atoms with Crippen molar-refractivity contribution in [2.24, 2.45) is 5.92 Å². The van der Waals surface area contributed by atoms with Crippen molar-refractivity contribution in [2.45, 2.75) is 75.8 Å². The van der Waals surface area contributed by atoms with E-state index in [2.05, 4.69) is 26.6 Å². The number of carbonyl (C=O) groups is 1. The molecule has 2 aromatic rings. The molecule has 1 amide bonds. The Morgan fingerprint density at radius 2 is 2.10 bits per heavy atom. The lowest BCUT2D eigenvalue weighted by atomic mass is 9.96. The SMILES string of the molecule is N#Cc1c(NC(=O)CCSc2n[nH]c(CCC3CCCC3)n2)sc2c1CCCC2. The number of fused-ring (bicyclic) bond motifs is 1. The fraction of sp³-hybridized carbons (Fsp3) is 0.619. The molecule has 1 fully saturated rings. The van der Waals surface area contributed by atoms with Crippen molar-refractivity contribution in [1.29, 1.82) is 5.26 Å². The summed E-state index contributed by atoms with van der Waals surface area (Å²) in [6, 6.07) is 2.29. The minimum Gasteiger partial charge on any atom is -0.317 e. The maximum absolute atomic E-state index is 12.4. The summed E-state index contributed by atoms with van der Waals surface area (Å²) in [4.78, 5) is 18.2. The Balaban J connectivity index is 1.22. The molecule has 29 heavy (non-hydrogen) atoms. The topological polar surface area (TPSA) is 94.5 Å². The van der Waals surface area contributed by atoms with E-state index in [1.165, 1.54) is 55.2 Å². The number of thioether (sulfide) groups is 1. The summed E-state index contributed by atoms with van der Waals surface area (Å²) in [5, 5.41) is 21.2. The first-order valence-corrected chi connectivity index (χ1v) is 12.4. The van der Waals surface area contributed by atoms with Crippen molar-refractivity contribution in [3.63, 3.8) is 0 Å². The van der Waals surface area contributed by atoms with Gasteiger partial charge in [0.05, 0.1) is 5.56 Å². The number of rotatable bonds is 8. The van der Waals surface area contributed by atoms with Crippen LogP contribution < -0.4 is 5.32 Å². The van der Waals surface area contributed by atoms with Gasteiger partial charge >= 0.3 is 0 Å². The van der Waals surface area contributed by atoms with Crippen molar-refractivity contribution in [3.8, 4) is 6.07 Å². The van der Waals surface area contributed by atoms with Gasteiger partial charge in [-0.25, -0.2) is 4.98 Å². The number of amides is 1. The van der Waals surface area contributed by atoms with E-state index in [0.717, 1.165) is 48.0 Å². The minimum absolute atomic E-state index is 0.0513. The summed E-state index contributed by atoms with van der Waals surface area (Å²) in [6.45, 7) is 0. The maximum Gasteiger partial charge on any atom is 0.225 e. The van der Waals surface area contributed by atoms with Crippen LogP contribution in [0.25, 0.3) is 0 Å². The first-order chi connectivity index (χ1) is 14.2. The average molecular weight is 430 g/mol. The van der Waals surface area contributed by atoms with Crippen LogP contribution in [0.4, 0.5) is 5.00 Å². The Kier molecular flexibility index (Phi) is 6.88. The number of nitrogens with zero attached hydrogens (tertiary/aromatic N) is 3. The normalized spacial score (nSPS) is 16.5. The molecule has 0 unspecified atom stereocenters. The van der Waals surface area contributed by atoms with E-state index in [9.17, 15) is 10.1 Å². The van der Waals surface area contributed by atoms with Crippen molar-refractivity contribution in [1.82, 2.24) is 15.2 Å². The first-order valence-electron chi connectivity index (χ1n) is 10.6. The van der Waals surface area contributed by atoms with E-state index in [1.807, 2.05) is 0 Å². The zero-order valence-corrected chi connectivity index (χ0v) is 18.3. The second kappa shape index (κ2) is 9.77. The molecule has 1 saturated carbocycles. The third-order valence-electron chi connectivity index (χ3n) is 5.87. The van der Waals surface area contributed by atoms with Gasteiger partial charge < -0.3 is 5.32 Å². The number of aryl methyl sites for hydroxylation is 2. The van der Waals surface area contributed by atoms with E-state index in [1.54, 1.807) is 11.3 Å². The summed E-state index contributed by atoms with van der Waals surface area (Å²) >= 11 is 3.07. The molecule has 0 bridgehead atoms. The Bertz CT molecular complexity index is 892. The quantitative estimate of drug-likeness (QED) is 0.584. The number of anilines is 1. The Labute approximate surface area is 179 Å². The van der Waals surface area contributed by atoms with E-state index in [4.69, 9.17) is 0 Å². The van der Waals surface area contributed by atoms with Crippen LogP contribution in [0, 0.1) is 17.2 Å². The highest BCUT2D eigenvalue weighted by molar-refractivity contribution is 7.99. The molecular weight excluding hydrogens is 402 g/mol. The van der Waals surface area contributed by atoms with Crippen LogP contribution in [0.2, 0.25) is 0 Å². The first kappa shape index (κ1) is 20.4. The second-order valence-corrected chi connectivity index (χ2v) is 10.1. The van der Waals surface area contributed by atoms with Crippen LogP contribution in [0.1, 0.15) is 73.2 Å². The smallest absolute Gasteiger partial charge is 0.225 e. The number of nitrogens with one attached hydrogen (secondary N) is 2. The molecule has 4 rings (SSSR count). The van der Waals surface area contributed by atoms with Gasteiger partial charge in [0.1, 0.15) is 16.9 Å². The number of hydrogen-bond acceptors (Lipinski definition) is 6. The summed E-state index contributed by atoms with van der Waals surface area (Å²) in [6.07, 6.45) is 12.2. The highest BCUT2D eigenvalue weighted by Crippen LogP contribution is 2.37. The number of aromatic nitrogens is 3. The predicted molar refractivity (Wildman–Crippen MR) is 116 cm³/mol. The third-order valence-corrected chi connectivity index (χ3v) is 7.93. The third kappa shape index (κ3) is 5.20. The Hall–Kier alpha value is -1.85. The molecule has 8 heteroatoms. The largest absolute Gasteiger partial charge is 0.317 e. The van der Waals surface area contributed by atoms with Gasteiger partial charge in [-0.2, -0.15) is 5.26 Å². The molecule has 0 aliphatic heterocycles.